The quantitative estimate of drug-likeness (QED) is 0.770. The predicted octanol–water partition coefficient (Wildman–Crippen LogP) is 1.42. The molecule has 0 saturated carbocycles. The highest BCUT2D eigenvalue weighted by atomic mass is 35.7. The highest BCUT2D eigenvalue weighted by molar-refractivity contribution is 8.13. The Morgan fingerprint density at radius 3 is 2.42 bits per heavy atom. The van der Waals surface area contributed by atoms with E-state index in [0.29, 0.717) is 12.2 Å². The predicted molar refractivity (Wildman–Crippen MR) is 72.8 cm³/mol. The van der Waals surface area contributed by atoms with Crippen LogP contribution in [0.1, 0.15) is 38.6 Å². The van der Waals surface area contributed by atoms with Gasteiger partial charge in [-0.1, -0.05) is 0 Å². The van der Waals surface area contributed by atoms with E-state index in [4.69, 9.17) is 10.7 Å². The molecule has 1 aromatic rings. The van der Waals surface area contributed by atoms with Crippen LogP contribution < -0.4 is 0 Å². The number of aromatic nitrogens is 3. The van der Waals surface area contributed by atoms with Gasteiger partial charge in [-0.15, -0.1) is 10.2 Å². The van der Waals surface area contributed by atoms with Crippen LogP contribution in [0.15, 0.2) is 5.16 Å². The van der Waals surface area contributed by atoms with Crippen molar-refractivity contribution in [3.8, 4) is 0 Å². The number of likely N-dealkylation sites (tertiary alicyclic amines) is 1. The van der Waals surface area contributed by atoms with E-state index in [0.717, 1.165) is 19.6 Å². The molecule has 8 heteroatoms. The molecule has 0 radical (unpaired) electrons. The summed E-state index contributed by atoms with van der Waals surface area (Å²) in [5, 5.41) is 7.56. The maximum absolute atomic E-state index is 11.5. The third-order valence-electron chi connectivity index (χ3n) is 3.32. The fraction of sp³-hybridized carbons (Fsp3) is 0.818. The lowest BCUT2D eigenvalue weighted by Gasteiger charge is -2.16. The summed E-state index contributed by atoms with van der Waals surface area (Å²) >= 11 is 0. The maximum Gasteiger partial charge on any atom is 0.296 e. The Bertz CT molecular complexity index is 535. The molecule has 0 spiro atoms. The molecule has 1 fully saturated rings. The summed E-state index contributed by atoms with van der Waals surface area (Å²) in [4.78, 5) is 2.36. The van der Waals surface area contributed by atoms with Gasteiger partial charge in [-0.2, -0.15) is 0 Å². The summed E-state index contributed by atoms with van der Waals surface area (Å²) in [6.07, 6.45) is 3.16. The second-order valence-corrected chi connectivity index (χ2v) is 7.56. The molecule has 1 aliphatic rings. The smallest absolute Gasteiger partial charge is 0.296 e. The number of halogens is 1. The standard InChI is InChI=1S/C11H19ClN4O2S/c1-9(2)16-10(5-8-15-6-3-4-7-15)13-14-11(16)19(12,17)18/h9H,3-8H2,1-2H3. The second-order valence-electron chi connectivity index (χ2n) is 5.10. The molecule has 108 valence electrons. The molecule has 0 aromatic carbocycles. The molecule has 1 aliphatic heterocycles. The van der Waals surface area contributed by atoms with Gasteiger partial charge in [0, 0.05) is 29.7 Å². The lowest BCUT2D eigenvalue weighted by atomic mass is 10.3. The minimum absolute atomic E-state index is 0.0351. The molecule has 0 bridgehead atoms. The van der Waals surface area contributed by atoms with E-state index in [1.165, 1.54) is 12.8 Å². The van der Waals surface area contributed by atoms with Crippen LogP contribution in [0, 0.1) is 0 Å². The lowest BCUT2D eigenvalue weighted by Crippen LogP contribution is -2.23. The number of hydrogen-bond donors (Lipinski definition) is 0. The molecular weight excluding hydrogens is 288 g/mol. The van der Waals surface area contributed by atoms with E-state index in [1.807, 2.05) is 13.8 Å². The summed E-state index contributed by atoms with van der Waals surface area (Å²) in [6.45, 7) is 6.89. The topological polar surface area (TPSA) is 68.1 Å². The highest BCUT2D eigenvalue weighted by Crippen LogP contribution is 2.20. The van der Waals surface area contributed by atoms with Gasteiger partial charge in [0.25, 0.3) is 14.2 Å². The molecule has 2 rings (SSSR count). The number of nitrogens with zero attached hydrogens (tertiary/aromatic N) is 4. The van der Waals surface area contributed by atoms with E-state index >= 15 is 0 Å². The molecule has 1 aromatic heterocycles. The molecule has 0 atom stereocenters. The fourth-order valence-electron chi connectivity index (χ4n) is 2.43. The summed E-state index contributed by atoms with van der Waals surface area (Å²) in [7, 11) is 1.54. The van der Waals surface area contributed by atoms with Crippen LogP contribution in [-0.2, 0) is 15.5 Å². The Labute approximate surface area is 118 Å². The molecule has 0 amide bonds. The molecule has 19 heavy (non-hydrogen) atoms. The van der Waals surface area contributed by atoms with Gasteiger partial charge >= 0.3 is 0 Å². The Balaban J connectivity index is 2.18. The van der Waals surface area contributed by atoms with Gasteiger partial charge in [0.1, 0.15) is 5.82 Å². The molecule has 0 unspecified atom stereocenters. The van der Waals surface area contributed by atoms with Gasteiger partial charge in [0.2, 0.25) is 0 Å². The SMILES string of the molecule is CC(C)n1c(CCN2CCCC2)nnc1S(=O)(=O)Cl. The van der Waals surface area contributed by atoms with Crippen molar-refractivity contribution in [3.63, 3.8) is 0 Å². The summed E-state index contributed by atoms with van der Waals surface area (Å²) in [5.41, 5.74) is 0. The van der Waals surface area contributed by atoms with Crippen molar-refractivity contribution in [2.75, 3.05) is 19.6 Å². The Hall–Kier alpha value is -0.660. The van der Waals surface area contributed by atoms with Crippen LogP contribution in [0.4, 0.5) is 0 Å². The zero-order valence-corrected chi connectivity index (χ0v) is 12.8. The largest absolute Gasteiger partial charge is 0.303 e. The zero-order valence-electron chi connectivity index (χ0n) is 11.2. The molecule has 0 N–H and O–H groups in total. The van der Waals surface area contributed by atoms with Crippen LogP contribution in [0.3, 0.4) is 0 Å². The minimum Gasteiger partial charge on any atom is -0.303 e. The third kappa shape index (κ3) is 3.46. The highest BCUT2D eigenvalue weighted by Gasteiger charge is 2.24. The Morgan fingerprint density at radius 2 is 1.89 bits per heavy atom. The van der Waals surface area contributed by atoms with Crippen molar-refractivity contribution in [3.05, 3.63) is 5.82 Å². The van der Waals surface area contributed by atoms with Crippen molar-refractivity contribution in [1.29, 1.82) is 0 Å². The van der Waals surface area contributed by atoms with Gasteiger partial charge in [0.05, 0.1) is 0 Å². The second kappa shape index (κ2) is 5.76. The zero-order chi connectivity index (χ0) is 14.0. The molecule has 1 saturated heterocycles. The van der Waals surface area contributed by atoms with Crippen LogP contribution >= 0.6 is 10.7 Å². The van der Waals surface area contributed by atoms with Crippen molar-refractivity contribution in [2.24, 2.45) is 0 Å². The summed E-state index contributed by atoms with van der Waals surface area (Å²) in [6, 6.07) is -0.0351. The minimum atomic E-state index is -3.85. The Kier molecular flexibility index (Phi) is 4.47. The molecule has 6 nitrogen and oxygen atoms in total. The van der Waals surface area contributed by atoms with Gasteiger partial charge < -0.3 is 4.90 Å². The van der Waals surface area contributed by atoms with E-state index in [2.05, 4.69) is 15.1 Å². The molecular formula is C11H19ClN4O2S. The van der Waals surface area contributed by atoms with E-state index < -0.39 is 9.05 Å². The van der Waals surface area contributed by atoms with Gasteiger partial charge in [-0.05, 0) is 39.8 Å². The van der Waals surface area contributed by atoms with Crippen LogP contribution in [0.5, 0.6) is 0 Å². The van der Waals surface area contributed by atoms with Gasteiger partial charge in [-0.25, -0.2) is 8.42 Å². The average Bonchev–Trinajstić information content (AvgIpc) is 2.94. The normalized spacial score (nSPS) is 17.5. The van der Waals surface area contributed by atoms with Crippen LogP contribution in [0.25, 0.3) is 0 Å². The summed E-state index contributed by atoms with van der Waals surface area (Å²) < 4.78 is 24.5. The van der Waals surface area contributed by atoms with Gasteiger partial charge in [-0.3, -0.25) is 4.57 Å². The van der Waals surface area contributed by atoms with Crippen LogP contribution in [0.2, 0.25) is 0 Å². The first kappa shape index (κ1) is 14.7. The van der Waals surface area contributed by atoms with Crippen molar-refractivity contribution in [2.45, 2.75) is 44.3 Å². The Morgan fingerprint density at radius 1 is 1.26 bits per heavy atom. The summed E-state index contributed by atoms with van der Waals surface area (Å²) in [5.74, 6) is 0.682. The molecule has 0 aliphatic carbocycles. The maximum atomic E-state index is 11.5. The van der Waals surface area contributed by atoms with E-state index in [9.17, 15) is 8.42 Å². The van der Waals surface area contributed by atoms with E-state index in [1.54, 1.807) is 4.57 Å². The molecule has 2 heterocycles. The number of rotatable bonds is 5. The van der Waals surface area contributed by atoms with Gasteiger partial charge in [0.15, 0.2) is 0 Å². The average molecular weight is 307 g/mol. The lowest BCUT2D eigenvalue weighted by molar-refractivity contribution is 0.336. The first-order valence-electron chi connectivity index (χ1n) is 6.50. The first-order valence-corrected chi connectivity index (χ1v) is 8.81. The van der Waals surface area contributed by atoms with E-state index in [-0.39, 0.29) is 11.2 Å². The first-order chi connectivity index (χ1) is 8.89. The monoisotopic (exact) mass is 306 g/mol. The van der Waals surface area contributed by atoms with Crippen molar-refractivity contribution >= 4 is 19.7 Å². The third-order valence-corrected chi connectivity index (χ3v) is 4.45. The fourth-order valence-corrected chi connectivity index (χ4v) is 3.43. The number of hydrogen-bond acceptors (Lipinski definition) is 5. The van der Waals surface area contributed by atoms with Crippen molar-refractivity contribution < 1.29 is 8.42 Å². The van der Waals surface area contributed by atoms with Crippen molar-refractivity contribution in [1.82, 2.24) is 19.7 Å². The van der Waals surface area contributed by atoms with Crippen LogP contribution in [-0.4, -0.2) is 47.7 Å².